The molecule has 2 aromatic carbocycles. The number of carbonyl (C=O) groups excluding carboxylic acids is 3. The van der Waals surface area contributed by atoms with Crippen LogP contribution in [0.3, 0.4) is 0 Å². The predicted molar refractivity (Wildman–Crippen MR) is 106 cm³/mol. The van der Waals surface area contributed by atoms with Gasteiger partial charge in [0.1, 0.15) is 6.04 Å². The van der Waals surface area contributed by atoms with Crippen molar-refractivity contribution >= 4 is 40.0 Å². The molecule has 7 heteroatoms. The molecule has 0 bridgehead atoms. The van der Waals surface area contributed by atoms with E-state index in [0.717, 1.165) is 5.39 Å². The van der Waals surface area contributed by atoms with Gasteiger partial charge in [-0.2, -0.15) is 0 Å². The van der Waals surface area contributed by atoms with Crippen molar-refractivity contribution in [2.24, 2.45) is 0 Å². The molecule has 0 radical (unpaired) electrons. The van der Waals surface area contributed by atoms with E-state index in [2.05, 4.69) is 20.9 Å². The average molecular weight is 374 g/mol. The van der Waals surface area contributed by atoms with E-state index >= 15 is 0 Å². The number of para-hydroxylation sites is 2. The molecule has 1 aromatic heterocycles. The Kier molecular flexibility index (Phi) is 4.72. The number of amides is 3. The van der Waals surface area contributed by atoms with Crippen molar-refractivity contribution in [3.05, 3.63) is 66.4 Å². The molecule has 2 heterocycles. The van der Waals surface area contributed by atoms with Crippen molar-refractivity contribution in [2.45, 2.75) is 18.9 Å². The summed E-state index contributed by atoms with van der Waals surface area (Å²) < 4.78 is 0. The highest BCUT2D eigenvalue weighted by atomic mass is 16.2. The minimum atomic E-state index is -0.781. The maximum Gasteiger partial charge on any atom is 0.254 e. The second-order valence-corrected chi connectivity index (χ2v) is 6.53. The topological polar surface area (TPSA) is 100 Å². The number of fused-ring (bicyclic) bond motifs is 2. The van der Waals surface area contributed by atoms with Gasteiger partial charge in [-0.15, -0.1) is 0 Å². The van der Waals surface area contributed by atoms with Gasteiger partial charge in [0, 0.05) is 18.0 Å². The first-order valence-electron chi connectivity index (χ1n) is 8.96. The van der Waals surface area contributed by atoms with E-state index < -0.39 is 6.04 Å². The zero-order valence-corrected chi connectivity index (χ0v) is 14.9. The summed E-state index contributed by atoms with van der Waals surface area (Å²) in [5.41, 5.74) is 2.20. The van der Waals surface area contributed by atoms with E-state index in [4.69, 9.17) is 0 Å². The van der Waals surface area contributed by atoms with Crippen LogP contribution in [0, 0.1) is 0 Å². The Morgan fingerprint density at radius 2 is 1.86 bits per heavy atom. The Morgan fingerprint density at radius 3 is 2.75 bits per heavy atom. The summed E-state index contributed by atoms with van der Waals surface area (Å²) in [5, 5.41) is 9.19. The molecule has 1 aliphatic rings. The van der Waals surface area contributed by atoms with E-state index in [1.165, 1.54) is 0 Å². The molecule has 0 unspecified atom stereocenters. The number of pyridine rings is 1. The lowest BCUT2D eigenvalue weighted by Gasteiger charge is -2.14. The molecule has 4 rings (SSSR count). The van der Waals surface area contributed by atoms with Gasteiger partial charge in [-0.1, -0.05) is 30.3 Å². The van der Waals surface area contributed by atoms with Crippen LogP contribution in [0.2, 0.25) is 0 Å². The SMILES string of the molecule is O=C(CC[C@H]1NC(=O)c2ccccc2NC1=O)Nc1cccc2cccnc12. The Morgan fingerprint density at radius 1 is 1.04 bits per heavy atom. The van der Waals surface area contributed by atoms with Crippen LogP contribution in [-0.2, 0) is 9.59 Å². The fraction of sp³-hybridized carbons (Fsp3) is 0.143. The summed E-state index contributed by atoms with van der Waals surface area (Å²) >= 11 is 0. The van der Waals surface area contributed by atoms with Gasteiger partial charge in [-0.3, -0.25) is 19.4 Å². The number of aromatic nitrogens is 1. The smallest absolute Gasteiger partial charge is 0.254 e. The zero-order chi connectivity index (χ0) is 19.5. The third-order valence-electron chi connectivity index (χ3n) is 4.62. The normalized spacial score (nSPS) is 15.9. The summed E-state index contributed by atoms with van der Waals surface area (Å²) in [7, 11) is 0. The van der Waals surface area contributed by atoms with E-state index in [1.807, 2.05) is 24.3 Å². The molecule has 28 heavy (non-hydrogen) atoms. The average Bonchev–Trinajstić information content (AvgIpc) is 2.83. The van der Waals surface area contributed by atoms with Gasteiger partial charge in [0.25, 0.3) is 5.91 Å². The van der Waals surface area contributed by atoms with Gasteiger partial charge in [0.15, 0.2) is 0 Å². The number of nitrogens with one attached hydrogen (secondary N) is 3. The minimum absolute atomic E-state index is 0.0813. The minimum Gasteiger partial charge on any atom is -0.340 e. The number of hydrogen-bond acceptors (Lipinski definition) is 4. The molecule has 3 N–H and O–H groups in total. The van der Waals surface area contributed by atoms with Gasteiger partial charge in [0.2, 0.25) is 11.8 Å². The first kappa shape index (κ1) is 17.7. The van der Waals surface area contributed by atoms with E-state index in [-0.39, 0.29) is 30.6 Å². The molecule has 0 fully saturated rings. The molecule has 0 saturated heterocycles. The third-order valence-corrected chi connectivity index (χ3v) is 4.62. The molecule has 0 spiro atoms. The maximum absolute atomic E-state index is 12.4. The third kappa shape index (κ3) is 3.55. The number of carbonyl (C=O) groups is 3. The van der Waals surface area contributed by atoms with Crippen molar-refractivity contribution in [1.82, 2.24) is 10.3 Å². The monoisotopic (exact) mass is 374 g/mol. The van der Waals surface area contributed by atoms with Gasteiger partial charge in [-0.25, -0.2) is 0 Å². The fourth-order valence-corrected chi connectivity index (χ4v) is 3.21. The largest absolute Gasteiger partial charge is 0.340 e. The van der Waals surface area contributed by atoms with E-state index in [1.54, 1.807) is 36.5 Å². The van der Waals surface area contributed by atoms with Crippen LogP contribution in [0.5, 0.6) is 0 Å². The van der Waals surface area contributed by atoms with Gasteiger partial charge >= 0.3 is 0 Å². The van der Waals surface area contributed by atoms with Gasteiger partial charge in [0.05, 0.1) is 22.5 Å². The van der Waals surface area contributed by atoms with Crippen molar-refractivity contribution in [1.29, 1.82) is 0 Å². The van der Waals surface area contributed by atoms with Crippen molar-refractivity contribution in [3.8, 4) is 0 Å². The number of anilines is 2. The van der Waals surface area contributed by atoms with Gasteiger partial charge < -0.3 is 16.0 Å². The second-order valence-electron chi connectivity index (χ2n) is 6.53. The molecule has 140 valence electrons. The highest BCUT2D eigenvalue weighted by Gasteiger charge is 2.27. The number of hydrogen-bond donors (Lipinski definition) is 3. The first-order valence-corrected chi connectivity index (χ1v) is 8.96. The molecular weight excluding hydrogens is 356 g/mol. The molecule has 3 amide bonds. The molecule has 1 aliphatic heterocycles. The van der Waals surface area contributed by atoms with Crippen LogP contribution in [0.1, 0.15) is 23.2 Å². The van der Waals surface area contributed by atoms with Crippen LogP contribution >= 0.6 is 0 Å². The lowest BCUT2D eigenvalue weighted by molar-refractivity contribution is -0.118. The molecule has 3 aromatic rings. The van der Waals surface area contributed by atoms with Crippen LogP contribution in [0.4, 0.5) is 11.4 Å². The lowest BCUT2D eigenvalue weighted by atomic mass is 10.1. The molecule has 0 saturated carbocycles. The quantitative estimate of drug-likeness (QED) is 0.654. The standard InChI is InChI=1S/C21H18N4O3/c26-18(23-16-9-3-5-13-6-4-12-22-19(13)16)11-10-17-21(28)24-15-8-2-1-7-14(15)20(27)25-17/h1-9,12,17H,10-11H2,(H,23,26)(H,24,28)(H,25,27)/t17-/m1/s1. The van der Waals surface area contributed by atoms with Crippen LogP contribution in [-0.4, -0.2) is 28.7 Å². The second kappa shape index (κ2) is 7.48. The maximum atomic E-state index is 12.4. The number of rotatable bonds is 4. The predicted octanol–water partition coefficient (Wildman–Crippen LogP) is 2.70. The van der Waals surface area contributed by atoms with Crippen LogP contribution in [0.15, 0.2) is 60.8 Å². The molecule has 0 aliphatic carbocycles. The zero-order valence-electron chi connectivity index (χ0n) is 14.9. The van der Waals surface area contributed by atoms with Crippen molar-refractivity contribution in [2.75, 3.05) is 10.6 Å². The molecule has 1 atom stereocenters. The van der Waals surface area contributed by atoms with E-state index in [9.17, 15) is 14.4 Å². The Bertz CT molecular complexity index is 1070. The van der Waals surface area contributed by atoms with E-state index in [0.29, 0.717) is 22.5 Å². The number of benzene rings is 2. The van der Waals surface area contributed by atoms with Crippen molar-refractivity contribution < 1.29 is 14.4 Å². The summed E-state index contributed by atoms with van der Waals surface area (Å²) in [4.78, 5) is 41.4. The summed E-state index contributed by atoms with van der Waals surface area (Å²) in [6.07, 6.45) is 1.94. The highest BCUT2D eigenvalue weighted by molar-refractivity contribution is 6.10. The molecular formula is C21H18N4O3. The lowest BCUT2D eigenvalue weighted by Crippen LogP contribution is -2.41. The summed E-state index contributed by atoms with van der Waals surface area (Å²) in [6, 6.07) is 15.3. The van der Waals surface area contributed by atoms with Crippen LogP contribution in [0.25, 0.3) is 10.9 Å². The Hall–Kier alpha value is -3.74. The summed E-state index contributed by atoms with van der Waals surface area (Å²) in [5.74, 6) is -0.919. The van der Waals surface area contributed by atoms with Gasteiger partial charge in [-0.05, 0) is 30.7 Å². The Labute approximate surface area is 161 Å². The first-order chi connectivity index (χ1) is 13.6. The van der Waals surface area contributed by atoms with Crippen LogP contribution < -0.4 is 16.0 Å². The fourth-order valence-electron chi connectivity index (χ4n) is 3.21. The van der Waals surface area contributed by atoms with Crippen molar-refractivity contribution in [3.63, 3.8) is 0 Å². The highest BCUT2D eigenvalue weighted by Crippen LogP contribution is 2.22. The number of nitrogens with zero attached hydrogens (tertiary/aromatic N) is 1. The Balaban J connectivity index is 1.42. The molecule has 7 nitrogen and oxygen atoms in total. The summed E-state index contributed by atoms with van der Waals surface area (Å²) in [6.45, 7) is 0.